The summed E-state index contributed by atoms with van der Waals surface area (Å²) in [7, 11) is 0. The molecule has 0 saturated carbocycles. The lowest BCUT2D eigenvalue weighted by Crippen LogP contribution is -2.47. The number of likely N-dealkylation sites (tertiary alicyclic amines) is 1. The highest BCUT2D eigenvalue weighted by Crippen LogP contribution is 2.33. The summed E-state index contributed by atoms with van der Waals surface area (Å²) in [5.41, 5.74) is 1.18. The predicted octanol–water partition coefficient (Wildman–Crippen LogP) is 2.40. The molecule has 2 saturated heterocycles. The van der Waals surface area contributed by atoms with Crippen LogP contribution >= 0.6 is 0 Å². The average Bonchev–Trinajstić information content (AvgIpc) is 2.68. The smallest absolute Gasteiger partial charge is 0.257 e. The molecule has 6 heteroatoms. The van der Waals surface area contributed by atoms with Gasteiger partial charge in [-0.05, 0) is 45.4 Å². The van der Waals surface area contributed by atoms with Crippen molar-refractivity contribution in [3.8, 4) is 0 Å². The highest BCUT2D eigenvalue weighted by molar-refractivity contribution is 5.95. The van der Waals surface area contributed by atoms with Crippen LogP contribution in [0.3, 0.4) is 0 Å². The molecule has 0 bridgehead atoms. The third kappa shape index (κ3) is 3.78. The molecular weight excluding hydrogens is 316 g/mol. The van der Waals surface area contributed by atoms with E-state index in [-0.39, 0.29) is 17.9 Å². The van der Waals surface area contributed by atoms with Gasteiger partial charge in [-0.2, -0.15) is 0 Å². The van der Waals surface area contributed by atoms with E-state index < -0.39 is 0 Å². The number of amides is 1. The number of hydrogen-bond donors (Lipinski definition) is 1. The Labute approximate surface area is 150 Å². The second kappa shape index (κ2) is 7.68. The Balaban J connectivity index is 1.75. The number of piperidine rings is 2. The molecule has 1 amide bonds. The molecule has 138 valence electrons. The van der Waals surface area contributed by atoms with Gasteiger partial charge in [-0.3, -0.25) is 4.79 Å². The van der Waals surface area contributed by atoms with Gasteiger partial charge < -0.3 is 14.9 Å². The van der Waals surface area contributed by atoms with Crippen LogP contribution in [0.1, 0.15) is 61.5 Å². The van der Waals surface area contributed by atoms with Crippen molar-refractivity contribution in [2.45, 2.75) is 52.4 Å². The third-order valence-corrected chi connectivity index (χ3v) is 5.87. The van der Waals surface area contributed by atoms with Crippen LogP contribution in [0.5, 0.6) is 0 Å². The zero-order valence-corrected chi connectivity index (χ0v) is 15.5. The van der Waals surface area contributed by atoms with Crippen LogP contribution in [0.15, 0.2) is 6.20 Å². The second-order valence-electron chi connectivity index (χ2n) is 7.56. The number of rotatable bonds is 4. The number of aliphatic hydroxyl groups is 1. The predicted molar refractivity (Wildman–Crippen MR) is 97.8 cm³/mol. The Hall–Kier alpha value is -1.69. The highest BCUT2D eigenvalue weighted by Gasteiger charge is 2.36. The molecular formula is C19H30N4O2. The zero-order valence-electron chi connectivity index (χ0n) is 15.5. The first-order chi connectivity index (χ1) is 12.1. The molecule has 1 atom stereocenters. The Kier molecular flexibility index (Phi) is 5.57. The number of aliphatic hydroxyl groups excluding tert-OH is 1. The number of aromatic nitrogens is 2. The number of anilines is 1. The van der Waals surface area contributed by atoms with E-state index in [0.717, 1.165) is 50.5 Å². The summed E-state index contributed by atoms with van der Waals surface area (Å²) in [6, 6.07) is 0. The second-order valence-corrected chi connectivity index (χ2v) is 7.56. The minimum Gasteiger partial charge on any atom is -0.396 e. The van der Waals surface area contributed by atoms with Gasteiger partial charge in [0.15, 0.2) is 0 Å². The van der Waals surface area contributed by atoms with E-state index in [9.17, 15) is 9.90 Å². The molecule has 0 spiro atoms. The van der Waals surface area contributed by atoms with Gasteiger partial charge in [0, 0.05) is 37.8 Å². The van der Waals surface area contributed by atoms with Crippen molar-refractivity contribution in [1.29, 1.82) is 0 Å². The van der Waals surface area contributed by atoms with Crippen LogP contribution in [0.25, 0.3) is 0 Å². The van der Waals surface area contributed by atoms with Crippen LogP contribution in [0.2, 0.25) is 0 Å². The number of carbonyl (C=O) groups is 1. The normalized spacial score (nSPS) is 24.4. The van der Waals surface area contributed by atoms with E-state index in [0.29, 0.717) is 12.1 Å². The van der Waals surface area contributed by atoms with Gasteiger partial charge in [-0.25, -0.2) is 9.97 Å². The van der Waals surface area contributed by atoms with Crippen molar-refractivity contribution in [3.05, 3.63) is 17.5 Å². The summed E-state index contributed by atoms with van der Waals surface area (Å²) < 4.78 is 0. The van der Waals surface area contributed by atoms with Crippen LogP contribution in [0, 0.1) is 12.3 Å². The van der Waals surface area contributed by atoms with Gasteiger partial charge in [0.05, 0.1) is 17.9 Å². The van der Waals surface area contributed by atoms with Crippen LogP contribution in [-0.4, -0.2) is 58.7 Å². The summed E-state index contributed by atoms with van der Waals surface area (Å²) in [5.74, 6) is 0.735. The standard InChI is InChI=1S/C19H30N4O2/c1-3-19(14-24)8-7-11-23(13-19)17(25)16-12-20-18(21-15(16)2)22-9-5-4-6-10-22/h12,24H,3-11,13-14H2,1-2H3/t19-/m0/s1. The maximum atomic E-state index is 13.0. The van der Waals surface area contributed by atoms with Gasteiger partial charge >= 0.3 is 0 Å². The SMILES string of the molecule is CC[C@]1(CO)CCCN(C(=O)c2cnc(N3CCCCC3)nc2C)C1. The molecule has 2 fully saturated rings. The van der Waals surface area contributed by atoms with Crippen LogP contribution in [0.4, 0.5) is 5.95 Å². The first kappa shape index (κ1) is 18.1. The summed E-state index contributed by atoms with van der Waals surface area (Å²) in [5, 5.41) is 9.78. The van der Waals surface area contributed by atoms with E-state index in [4.69, 9.17) is 0 Å². The molecule has 3 rings (SSSR count). The molecule has 0 unspecified atom stereocenters. The monoisotopic (exact) mass is 346 g/mol. The van der Waals surface area contributed by atoms with Crippen molar-refractivity contribution >= 4 is 11.9 Å². The van der Waals surface area contributed by atoms with E-state index in [1.54, 1.807) is 6.20 Å². The number of carbonyl (C=O) groups excluding carboxylic acids is 1. The molecule has 25 heavy (non-hydrogen) atoms. The Morgan fingerprint density at radius 1 is 1.24 bits per heavy atom. The number of nitrogens with zero attached hydrogens (tertiary/aromatic N) is 4. The van der Waals surface area contributed by atoms with Crippen molar-refractivity contribution < 1.29 is 9.90 Å². The molecule has 0 radical (unpaired) electrons. The lowest BCUT2D eigenvalue weighted by molar-refractivity contribution is 0.0251. The van der Waals surface area contributed by atoms with Crippen LogP contribution in [-0.2, 0) is 0 Å². The van der Waals surface area contributed by atoms with Gasteiger partial charge in [-0.1, -0.05) is 6.92 Å². The molecule has 2 aliphatic heterocycles. The minimum atomic E-state index is -0.156. The van der Waals surface area contributed by atoms with E-state index in [2.05, 4.69) is 21.8 Å². The molecule has 3 heterocycles. The van der Waals surface area contributed by atoms with Gasteiger partial charge in [-0.15, -0.1) is 0 Å². The van der Waals surface area contributed by atoms with Crippen molar-refractivity contribution in [2.75, 3.05) is 37.7 Å². The van der Waals surface area contributed by atoms with E-state index in [1.165, 1.54) is 19.3 Å². The van der Waals surface area contributed by atoms with Gasteiger partial charge in [0.1, 0.15) is 0 Å². The third-order valence-electron chi connectivity index (χ3n) is 5.87. The fourth-order valence-corrected chi connectivity index (χ4v) is 3.99. The summed E-state index contributed by atoms with van der Waals surface area (Å²) >= 11 is 0. The molecule has 0 aliphatic carbocycles. The summed E-state index contributed by atoms with van der Waals surface area (Å²) in [4.78, 5) is 26.1. The highest BCUT2D eigenvalue weighted by atomic mass is 16.3. The number of hydrogen-bond acceptors (Lipinski definition) is 5. The average molecular weight is 346 g/mol. The lowest BCUT2D eigenvalue weighted by atomic mass is 9.78. The Morgan fingerprint density at radius 3 is 2.64 bits per heavy atom. The molecule has 1 aromatic heterocycles. The van der Waals surface area contributed by atoms with E-state index >= 15 is 0 Å². The minimum absolute atomic E-state index is 0.00586. The molecule has 1 aromatic rings. The summed E-state index contributed by atoms with van der Waals surface area (Å²) in [6.45, 7) is 7.47. The molecule has 0 aromatic carbocycles. The van der Waals surface area contributed by atoms with Crippen molar-refractivity contribution in [2.24, 2.45) is 5.41 Å². The fraction of sp³-hybridized carbons (Fsp3) is 0.737. The van der Waals surface area contributed by atoms with Gasteiger partial charge in [0.25, 0.3) is 5.91 Å². The first-order valence-electron chi connectivity index (χ1n) is 9.57. The molecule has 1 N–H and O–H groups in total. The maximum absolute atomic E-state index is 13.0. The molecule has 6 nitrogen and oxygen atoms in total. The maximum Gasteiger partial charge on any atom is 0.257 e. The summed E-state index contributed by atoms with van der Waals surface area (Å²) in [6.07, 6.45) is 8.12. The first-order valence-corrected chi connectivity index (χ1v) is 9.57. The van der Waals surface area contributed by atoms with Crippen molar-refractivity contribution in [1.82, 2.24) is 14.9 Å². The Bertz CT molecular complexity index is 609. The van der Waals surface area contributed by atoms with Crippen LogP contribution < -0.4 is 4.90 Å². The van der Waals surface area contributed by atoms with Gasteiger partial charge in [0.2, 0.25) is 5.95 Å². The largest absolute Gasteiger partial charge is 0.396 e. The molecule has 2 aliphatic rings. The van der Waals surface area contributed by atoms with E-state index in [1.807, 2.05) is 11.8 Å². The zero-order chi connectivity index (χ0) is 17.9. The fourth-order valence-electron chi connectivity index (χ4n) is 3.99. The topological polar surface area (TPSA) is 69.6 Å². The van der Waals surface area contributed by atoms with Crippen molar-refractivity contribution in [3.63, 3.8) is 0 Å². The quantitative estimate of drug-likeness (QED) is 0.906. The number of aryl methyl sites for hydroxylation is 1. The Morgan fingerprint density at radius 2 is 2.00 bits per heavy atom. The lowest BCUT2D eigenvalue weighted by Gasteiger charge is -2.41.